The Morgan fingerprint density at radius 3 is 2.42 bits per heavy atom. The fourth-order valence-electron chi connectivity index (χ4n) is 3.71. The van der Waals surface area contributed by atoms with Crippen molar-refractivity contribution in [3.05, 3.63) is 40.6 Å². The fourth-order valence-corrected chi connectivity index (χ4v) is 3.71. The highest BCUT2D eigenvalue weighted by atomic mass is 35.5. The van der Waals surface area contributed by atoms with Gasteiger partial charge in [-0.3, -0.25) is 9.78 Å². The molecule has 0 radical (unpaired) electrons. The smallest absolute Gasteiger partial charge is 0.252 e. The van der Waals surface area contributed by atoms with Crippen LogP contribution in [0.1, 0.15) is 58.8 Å². The van der Waals surface area contributed by atoms with Crippen LogP contribution in [0.4, 0.5) is 0 Å². The molecule has 4 nitrogen and oxygen atoms in total. The van der Waals surface area contributed by atoms with E-state index >= 15 is 0 Å². The lowest BCUT2D eigenvalue weighted by molar-refractivity contribution is 0.0931. The molecule has 1 aliphatic carbocycles. The minimum Gasteiger partial charge on any atom is -0.349 e. The molecule has 2 aliphatic rings. The van der Waals surface area contributed by atoms with Crippen LogP contribution in [0, 0.1) is 13.8 Å². The number of piperidine rings is 1. The number of amides is 1. The molecule has 2 aromatic rings. The van der Waals surface area contributed by atoms with Crippen LogP contribution in [0.3, 0.4) is 0 Å². The summed E-state index contributed by atoms with van der Waals surface area (Å²) in [5, 5.41) is 7.58. The average Bonchev–Trinajstić information content (AvgIpc) is 3.40. The van der Waals surface area contributed by atoms with Crippen molar-refractivity contribution in [1.29, 1.82) is 0 Å². The lowest BCUT2D eigenvalue weighted by atomic mass is 9.99. The van der Waals surface area contributed by atoms with Gasteiger partial charge in [-0.2, -0.15) is 0 Å². The number of hydrogen-bond donors (Lipinski definition) is 2. The molecule has 1 saturated carbocycles. The highest BCUT2D eigenvalue weighted by molar-refractivity contribution is 6.07. The van der Waals surface area contributed by atoms with Crippen LogP contribution in [-0.4, -0.2) is 30.0 Å². The van der Waals surface area contributed by atoms with E-state index in [-0.39, 0.29) is 36.8 Å². The summed E-state index contributed by atoms with van der Waals surface area (Å²) in [7, 11) is 0. The minimum absolute atomic E-state index is 0. The zero-order chi connectivity index (χ0) is 16.7. The third-order valence-corrected chi connectivity index (χ3v) is 5.18. The first-order chi connectivity index (χ1) is 11.6. The number of nitrogens with one attached hydrogen (secondary N) is 2. The predicted molar refractivity (Wildman–Crippen MR) is 111 cm³/mol. The number of halogens is 2. The van der Waals surface area contributed by atoms with Gasteiger partial charge in [0, 0.05) is 23.0 Å². The summed E-state index contributed by atoms with van der Waals surface area (Å²) in [4.78, 5) is 17.9. The number of pyridine rings is 1. The molecule has 1 aliphatic heterocycles. The lowest BCUT2D eigenvalue weighted by Gasteiger charge is -2.24. The quantitative estimate of drug-likeness (QED) is 0.823. The van der Waals surface area contributed by atoms with Gasteiger partial charge in [0.2, 0.25) is 0 Å². The summed E-state index contributed by atoms with van der Waals surface area (Å²) in [6.45, 7) is 6.13. The highest BCUT2D eigenvalue weighted by Gasteiger charge is 2.28. The second kappa shape index (κ2) is 8.55. The molecule has 0 spiro atoms. The van der Waals surface area contributed by atoms with E-state index < -0.39 is 0 Å². The van der Waals surface area contributed by atoms with E-state index in [0.29, 0.717) is 5.92 Å². The molecule has 0 unspecified atom stereocenters. The molecule has 0 bridgehead atoms. The van der Waals surface area contributed by atoms with E-state index in [1.54, 1.807) is 0 Å². The number of fused-ring (bicyclic) bond motifs is 1. The summed E-state index contributed by atoms with van der Waals surface area (Å²) in [5.41, 5.74) is 5.21. The van der Waals surface area contributed by atoms with E-state index in [1.165, 1.54) is 18.4 Å². The zero-order valence-electron chi connectivity index (χ0n) is 15.3. The van der Waals surface area contributed by atoms with Gasteiger partial charge in [-0.15, -0.1) is 24.8 Å². The summed E-state index contributed by atoms with van der Waals surface area (Å²) in [6.07, 6.45) is 4.39. The van der Waals surface area contributed by atoms with Crippen molar-refractivity contribution in [2.45, 2.75) is 51.5 Å². The van der Waals surface area contributed by atoms with Gasteiger partial charge < -0.3 is 10.6 Å². The summed E-state index contributed by atoms with van der Waals surface area (Å²) in [5.74, 6) is 0.599. The number of hydrogen-bond acceptors (Lipinski definition) is 3. The first-order valence-corrected chi connectivity index (χ1v) is 9.05. The number of carbonyl (C=O) groups excluding carboxylic acids is 1. The Kier molecular flexibility index (Phi) is 6.89. The molecule has 1 saturated heterocycles. The zero-order valence-corrected chi connectivity index (χ0v) is 16.9. The Morgan fingerprint density at radius 2 is 1.77 bits per heavy atom. The van der Waals surface area contributed by atoms with Crippen molar-refractivity contribution in [2.75, 3.05) is 13.1 Å². The van der Waals surface area contributed by atoms with Gasteiger partial charge in [0.05, 0.1) is 11.1 Å². The van der Waals surface area contributed by atoms with E-state index in [0.717, 1.165) is 53.7 Å². The maximum atomic E-state index is 13.0. The molecule has 142 valence electrons. The van der Waals surface area contributed by atoms with Gasteiger partial charge in [-0.25, -0.2) is 0 Å². The van der Waals surface area contributed by atoms with Gasteiger partial charge in [-0.1, -0.05) is 11.6 Å². The van der Waals surface area contributed by atoms with Gasteiger partial charge in [0.25, 0.3) is 5.91 Å². The Labute approximate surface area is 167 Å². The Balaban J connectivity index is 0.00000121. The van der Waals surface area contributed by atoms with Crippen molar-refractivity contribution < 1.29 is 4.79 Å². The molecule has 0 atom stereocenters. The molecule has 6 heteroatoms. The second-order valence-corrected chi connectivity index (χ2v) is 7.34. The Hall–Kier alpha value is -1.36. The average molecular weight is 396 g/mol. The number of aryl methyl sites for hydroxylation is 2. The van der Waals surface area contributed by atoms with Crippen LogP contribution in [0.2, 0.25) is 0 Å². The maximum absolute atomic E-state index is 13.0. The topological polar surface area (TPSA) is 54.0 Å². The molecular weight excluding hydrogens is 369 g/mol. The third kappa shape index (κ3) is 4.30. The van der Waals surface area contributed by atoms with Crippen LogP contribution in [0.5, 0.6) is 0 Å². The molecule has 26 heavy (non-hydrogen) atoms. The standard InChI is InChI=1S/C20H25N3O.2ClH/c1-12-9-13(2)19-16(10-12)17(11-18(23-19)14-3-4-14)20(24)22-15-5-7-21-8-6-15;;/h9-11,14-15,21H,3-8H2,1-2H3,(H,22,24);2*1H. The second-order valence-electron chi connectivity index (χ2n) is 7.34. The molecule has 2 heterocycles. The summed E-state index contributed by atoms with van der Waals surface area (Å²) < 4.78 is 0. The molecule has 1 aromatic carbocycles. The van der Waals surface area contributed by atoms with E-state index in [4.69, 9.17) is 4.98 Å². The number of rotatable bonds is 3. The van der Waals surface area contributed by atoms with Crippen molar-refractivity contribution in [2.24, 2.45) is 0 Å². The minimum atomic E-state index is 0. The predicted octanol–water partition coefficient (Wildman–Crippen LogP) is 4.05. The van der Waals surface area contributed by atoms with E-state index in [2.05, 4.69) is 36.6 Å². The first-order valence-electron chi connectivity index (χ1n) is 9.05. The van der Waals surface area contributed by atoms with E-state index in [1.807, 2.05) is 6.07 Å². The summed E-state index contributed by atoms with van der Waals surface area (Å²) in [6, 6.07) is 6.57. The number of benzene rings is 1. The molecule has 1 aromatic heterocycles. The van der Waals surface area contributed by atoms with Crippen molar-refractivity contribution in [1.82, 2.24) is 15.6 Å². The highest BCUT2D eigenvalue weighted by Crippen LogP contribution is 2.40. The maximum Gasteiger partial charge on any atom is 0.252 e. The van der Waals surface area contributed by atoms with Crippen molar-refractivity contribution >= 4 is 41.6 Å². The van der Waals surface area contributed by atoms with Crippen LogP contribution in [0.15, 0.2) is 18.2 Å². The van der Waals surface area contributed by atoms with Crippen LogP contribution >= 0.6 is 24.8 Å². The fraction of sp³-hybridized carbons (Fsp3) is 0.500. The SMILES string of the molecule is Cc1cc(C)c2nc(C3CC3)cc(C(=O)NC3CCNCC3)c2c1.Cl.Cl. The van der Waals surface area contributed by atoms with Crippen LogP contribution < -0.4 is 10.6 Å². The Morgan fingerprint density at radius 1 is 1.08 bits per heavy atom. The number of carbonyl (C=O) groups is 1. The monoisotopic (exact) mass is 395 g/mol. The first kappa shape index (κ1) is 20.9. The normalized spacial score (nSPS) is 17.3. The van der Waals surface area contributed by atoms with Gasteiger partial charge >= 0.3 is 0 Å². The van der Waals surface area contributed by atoms with Crippen LogP contribution in [-0.2, 0) is 0 Å². The van der Waals surface area contributed by atoms with Crippen molar-refractivity contribution in [3.63, 3.8) is 0 Å². The van der Waals surface area contributed by atoms with Crippen LogP contribution in [0.25, 0.3) is 10.9 Å². The molecule has 2 fully saturated rings. The molecule has 1 amide bonds. The molecular formula is C20H27Cl2N3O. The van der Waals surface area contributed by atoms with Gasteiger partial charge in [0.15, 0.2) is 0 Å². The third-order valence-electron chi connectivity index (χ3n) is 5.18. The lowest BCUT2D eigenvalue weighted by Crippen LogP contribution is -2.42. The summed E-state index contributed by atoms with van der Waals surface area (Å²) >= 11 is 0. The van der Waals surface area contributed by atoms with Gasteiger partial charge in [0.1, 0.15) is 0 Å². The Bertz CT molecular complexity index is 799. The molecule has 4 rings (SSSR count). The number of nitrogens with zero attached hydrogens (tertiary/aromatic N) is 1. The largest absolute Gasteiger partial charge is 0.349 e. The molecule has 2 N–H and O–H groups in total. The van der Waals surface area contributed by atoms with Crippen molar-refractivity contribution in [3.8, 4) is 0 Å². The number of aromatic nitrogens is 1. The van der Waals surface area contributed by atoms with E-state index in [9.17, 15) is 4.79 Å². The van der Waals surface area contributed by atoms with Gasteiger partial charge in [-0.05, 0) is 70.3 Å².